The van der Waals surface area contributed by atoms with Crippen molar-refractivity contribution in [1.29, 1.82) is 0 Å². The molecule has 1 aliphatic rings. The summed E-state index contributed by atoms with van der Waals surface area (Å²) in [5, 5.41) is 11.4. The van der Waals surface area contributed by atoms with Crippen LogP contribution in [0.2, 0.25) is 5.02 Å². The van der Waals surface area contributed by atoms with Crippen molar-refractivity contribution in [3.63, 3.8) is 0 Å². The standard InChI is InChI=1S/C26H24ClNO5/c1-26(2,3)15-7-9-16(10-8-15)28-22(20-6-5-13-33-20)21(24(30)25(28)31)23(29)18-14-17(32-4)11-12-19(18)27/h5-14,22,29H,1-4H3/b23-21-. The number of benzene rings is 2. The van der Waals surface area contributed by atoms with Crippen LogP contribution in [0.1, 0.15) is 43.7 Å². The van der Waals surface area contributed by atoms with Crippen molar-refractivity contribution in [1.82, 2.24) is 0 Å². The quantitative estimate of drug-likeness (QED) is 0.296. The summed E-state index contributed by atoms with van der Waals surface area (Å²) in [6.45, 7) is 6.28. The van der Waals surface area contributed by atoms with Crippen molar-refractivity contribution in [3.05, 3.63) is 88.3 Å². The third-order valence-corrected chi connectivity index (χ3v) is 6.03. The molecule has 2 heterocycles. The van der Waals surface area contributed by atoms with Crippen LogP contribution in [0.15, 0.2) is 70.9 Å². The predicted octanol–water partition coefficient (Wildman–Crippen LogP) is 5.87. The zero-order valence-corrected chi connectivity index (χ0v) is 19.5. The number of anilines is 1. The minimum Gasteiger partial charge on any atom is -0.507 e. The molecule has 3 aromatic rings. The van der Waals surface area contributed by atoms with Gasteiger partial charge >= 0.3 is 0 Å². The van der Waals surface area contributed by atoms with Gasteiger partial charge in [-0.05, 0) is 53.4 Å². The molecule has 7 heteroatoms. The molecule has 1 aliphatic heterocycles. The van der Waals surface area contributed by atoms with Crippen LogP contribution in [0, 0.1) is 0 Å². The lowest BCUT2D eigenvalue weighted by atomic mass is 9.87. The van der Waals surface area contributed by atoms with Crippen LogP contribution >= 0.6 is 11.6 Å². The van der Waals surface area contributed by atoms with Gasteiger partial charge in [0.15, 0.2) is 0 Å². The van der Waals surface area contributed by atoms with Crippen molar-refractivity contribution >= 4 is 34.7 Å². The number of ether oxygens (including phenoxy) is 1. The van der Waals surface area contributed by atoms with Crippen LogP contribution < -0.4 is 9.64 Å². The Bertz CT molecular complexity index is 1240. The highest BCUT2D eigenvalue weighted by atomic mass is 35.5. The van der Waals surface area contributed by atoms with Crippen molar-refractivity contribution in [2.24, 2.45) is 0 Å². The molecule has 0 bridgehead atoms. The van der Waals surface area contributed by atoms with Gasteiger partial charge in [0.2, 0.25) is 0 Å². The van der Waals surface area contributed by atoms with E-state index < -0.39 is 23.5 Å². The number of nitrogens with zero attached hydrogens (tertiary/aromatic N) is 1. The summed E-state index contributed by atoms with van der Waals surface area (Å²) in [6, 6.07) is 14.5. The zero-order valence-electron chi connectivity index (χ0n) is 18.8. The van der Waals surface area contributed by atoms with Gasteiger partial charge in [-0.25, -0.2) is 0 Å². The number of rotatable bonds is 4. The lowest BCUT2D eigenvalue weighted by molar-refractivity contribution is -0.132. The lowest BCUT2D eigenvalue weighted by Crippen LogP contribution is -2.29. The van der Waals surface area contributed by atoms with Gasteiger partial charge in [0.25, 0.3) is 11.7 Å². The maximum atomic E-state index is 13.2. The molecule has 1 aromatic heterocycles. The maximum absolute atomic E-state index is 13.2. The summed E-state index contributed by atoms with van der Waals surface area (Å²) < 4.78 is 10.8. The SMILES string of the molecule is COc1ccc(Cl)c(/C(O)=C2/C(=O)C(=O)N(c3ccc(C(C)(C)C)cc3)C2c2ccco2)c1. The number of hydrogen-bond acceptors (Lipinski definition) is 5. The minimum atomic E-state index is -0.956. The molecule has 6 nitrogen and oxygen atoms in total. The fourth-order valence-corrected chi connectivity index (χ4v) is 4.10. The number of carbonyl (C=O) groups is 2. The number of carbonyl (C=O) groups excluding carboxylic acids is 2. The van der Waals surface area contributed by atoms with Crippen molar-refractivity contribution in [2.75, 3.05) is 12.0 Å². The highest BCUT2D eigenvalue weighted by Crippen LogP contribution is 2.43. The van der Waals surface area contributed by atoms with E-state index in [4.69, 9.17) is 20.8 Å². The van der Waals surface area contributed by atoms with Crippen LogP contribution in [0.25, 0.3) is 5.76 Å². The van der Waals surface area contributed by atoms with E-state index in [9.17, 15) is 14.7 Å². The maximum Gasteiger partial charge on any atom is 0.300 e. The first-order valence-electron chi connectivity index (χ1n) is 10.4. The summed E-state index contributed by atoms with van der Waals surface area (Å²) in [4.78, 5) is 27.7. The smallest absolute Gasteiger partial charge is 0.300 e. The molecule has 1 saturated heterocycles. The fourth-order valence-electron chi connectivity index (χ4n) is 3.89. The van der Waals surface area contributed by atoms with E-state index in [0.717, 1.165) is 5.56 Å². The Morgan fingerprint density at radius 2 is 1.79 bits per heavy atom. The van der Waals surface area contributed by atoms with E-state index >= 15 is 0 Å². The summed E-state index contributed by atoms with van der Waals surface area (Å²) >= 11 is 6.31. The number of furan rings is 1. The molecule has 1 atom stereocenters. The zero-order chi connectivity index (χ0) is 23.9. The molecule has 33 heavy (non-hydrogen) atoms. The Hall–Kier alpha value is -3.51. The summed E-state index contributed by atoms with van der Waals surface area (Å²) in [5.41, 5.74) is 1.61. The second kappa shape index (κ2) is 8.45. The van der Waals surface area contributed by atoms with Crippen molar-refractivity contribution in [2.45, 2.75) is 32.2 Å². The van der Waals surface area contributed by atoms with Gasteiger partial charge in [0.1, 0.15) is 23.3 Å². The predicted molar refractivity (Wildman–Crippen MR) is 127 cm³/mol. The lowest BCUT2D eigenvalue weighted by Gasteiger charge is -2.25. The normalized spacial score (nSPS) is 18.1. The van der Waals surface area contributed by atoms with Gasteiger partial charge in [-0.3, -0.25) is 14.5 Å². The Morgan fingerprint density at radius 3 is 2.36 bits per heavy atom. The minimum absolute atomic E-state index is 0.0732. The Labute approximate surface area is 197 Å². The van der Waals surface area contributed by atoms with Gasteiger partial charge in [-0.1, -0.05) is 44.5 Å². The Balaban J connectivity index is 1.90. The molecule has 0 aliphatic carbocycles. The highest BCUT2D eigenvalue weighted by molar-refractivity contribution is 6.51. The van der Waals surface area contributed by atoms with Gasteiger partial charge in [0.05, 0.1) is 24.0 Å². The first-order chi connectivity index (χ1) is 15.6. The van der Waals surface area contributed by atoms with E-state index in [1.54, 1.807) is 36.4 Å². The molecule has 1 fully saturated rings. The van der Waals surface area contributed by atoms with Crippen LogP contribution in [0.3, 0.4) is 0 Å². The average molecular weight is 466 g/mol. The molecule has 0 radical (unpaired) electrons. The third-order valence-electron chi connectivity index (χ3n) is 5.70. The summed E-state index contributed by atoms with van der Waals surface area (Å²) in [5.74, 6) is -1.20. The average Bonchev–Trinajstić information content (AvgIpc) is 3.40. The number of ketones is 1. The van der Waals surface area contributed by atoms with Gasteiger partial charge in [0, 0.05) is 11.3 Å². The van der Waals surface area contributed by atoms with Gasteiger partial charge in [-0.2, -0.15) is 0 Å². The van der Waals surface area contributed by atoms with Crippen LogP contribution in [-0.4, -0.2) is 23.9 Å². The number of halogens is 1. The number of amides is 1. The van der Waals surface area contributed by atoms with Crippen molar-refractivity contribution in [3.8, 4) is 5.75 Å². The van der Waals surface area contributed by atoms with Gasteiger partial charge < -0.3 is 14.3 Å². The first kappa shape index (κ1) is 22.7. The Morgan fingerprint density at radius 1 is 1.09 bits per heavy atom. The molecule has 1 amide bonds. The van der Waals surface area contributed by atoms with E-state index in [1.165, 1.54) is 24.3 Å². The molecular weight excluding hydrogens is 442 g/mol. The number of hydrogen-bond donors (Lipinski definition) is 1. The number of Topliss-reactive ketones (excluding diaryl/α,β-unsaturated/α-hetero) is 1. The number of aliphatic hydroxyl groups is 1. The van der Waals surface area contributed by atoms with E-state index in [2.05, 4.69) is 20.8 Å². The van der Waals surface area contributed by atoms with Crippen molar-refractivity contribution < 1.29 is 23.8 Å². The third kappa shape index (κ3) is 4.02. The molecule has 170 valence electrons. The molecule has 4 rings (SSSR count). The number of aliphatic hydroxyl groups excluding tert-OH is 1. The van der Waals surface area contributed by atoms with E-state index in [1.807, 2.05) is 12.1 Å². The molecule has 0 saturated carbocycles. The largest absolute Gasteiger partial charge is 0.507 e. The second-order valence-corrected chi connectivity index (χ2v) is 9.23. The molecule has 1 unspecified atom stereocenters. The number of methoxy groups -OCH3 is 1. The summed E-state index contributed by atoms with van der Waals surface area (Å²) in [6.07, 6.45) is 1.46. The molecule has 0 spiro atoms. The molecule has 1 N–H and O–H groups in total. The Kier molecular flexibility index (Phi) is 5.80. The summed E-state index contributed by atoms with van der Waals surface area (Å²) in [7, 11) is 1.48. The van der Waals surface area contributed by atoms with Gasteiger partial charge in [-0.15, -0.1) is 0 Å². The van der Waals surface area contributed by atoms with Crippen LogP contribution in [0.5, 0.6) is 5.75 Å². The molecule has 2 aromatic carbocycles. The molecular formula is C26H24ClNO5. The fraction of sp³-hybridized carbons (Fsp3) is 0.231. The van der Waals surface area contributed by atoms with E-state index in [-0.39, 0.29) is 21.6 Å². The van der Waals surface area contributed by atoms with Crippen LogP contribution in [-0.2, 0) is 15.0 Å². The van der Waals surface area contributed by atoms with E-state index in [0.29, 0.717) is 17.2 Å². The monoisotopic (exact) mass is 465 g/mol. The highest BCUT2D eigenvalue weighted by Gasteiger charge is 2.48. The second-order valence-electron chi connectivity index (χ2n) is 8.83. The van der Waals surface area contributed by atoms with Crippen LogP contribution in [0.4, 0.5) is 5.69 Å². The first-order valence-corrected chi connectivity index (χ1v) is 10.8. The topological polar surface area (TPSA) is 80.0 Å².